The van der Waals surface area contributed by atoms with Gasteiger partial charge in [-0.25, -0.2) is 4.98 Å². The molecule has 3 heterocycles. The third-order valence-electron chi connectivity index (χ3n) is 9.26. The molecule has 0 saturated heterocycles. The monoisotopic (exact) mass is 604 g/mol. The number of pyridine rings is 1. The van der Waals surface area contributed by atoms with Crippen LogP contribution in [0.2, 0.25) is 0 Å². The number of rotatable bonds is 4. The van der Waals surface area contributed by atoms with E-state index in [1.54, 1.807) is 0 Å². The molecule has 2 aromatic heterocycles. The van der Waals surface area contributed by atoms with Crippen LogP contribution < -0.4 is 16.4 Å². The summed E-state index contributed by atoms with van der Waals surface area (Å²) in [5, 5.41) is 12.4. The number of hydrogen-bond acceptors (Lipinski definition) is 5. The molecule has 8 heteroatoms. The van der Waals surface area contributed by atoms with Gasteiger partial charge >= 0.3 is 0 Å². The van der Waals surface area contributed by atoms with Gasteiger partial charge in [0.15, 0.2) is 0 Å². The molecule has 45 heavy (non-hydrogen) atoms. The van der Waals surface area contributed by atoms with E-state index in [0.29, 0.717) is 29.4 Å². The molecule has 1 aliphatic heterocycles. The first-order valence-electron chi connectivity index (χ1n) is 16.4. The second kappa shape index (κ2) is 13.3. The van der Waals surface area contributed by atoms with Gasteiger partial charge in [0.1, 0.15) is 11.5 Å². The number of nitrogen functional groups attached to an aromatic ring is 1. The summed E-state index contributed by atoms with van der Waals surface area (Å²) in [5.74, 6) is 0.798. The number of aromatic nitrogens is 3. The zero-order chi connectivity index (χ0) is 31.5. The Kier molecular flexibility index (Phi) is 9.01. The highest BCUT2D eigenvalue weighted by atomic mass is 16.2. The maximum atomic E-state index is 13.4. The highest BCUT2D eigenvalue weighted by Gasteiger charge is 2.29. The number of nitrogens with two attached hydrogens (primary N) is 1. The summed E-state index contributed by atoms with van der Waals surface area (Å²) in [7, 11) is 0. The molecule has 234 valence electrons. The molecule has 2 atom stereocenters. The molecule has 1 saturated carbocycles. The molecule has 0 spiro atoms. The first kappa shape index (κ1) is 30.6. The summed E-state index contributed by atoms with van der Waals surface area (Å²) in [5.41, 5.74) is 13.8. The van der Waals surface area contributed by atoms with Gasteiger partial charge in [0.2, 0.25) is 5.91 Å². The van der Waals surface area contributed by atoms with Gasteiger partial charge in [-0.2, -0.15) is 5.10 Å². The Balaban J connectivity index is 1.39. The first-order valence-corrected chi connectivity index (χ1v) is 16.4. The van der Waals surface area contributed by atoms with Gasteiger partial charge < -0.3 is 16.4 Å². The number of nitrogens with zero attached hydrogens (tertiary/aromatic N) is 3. The van der Waals surface area contributed by atoms with Gasteiger partial charge in [0, 0.05) is 41.0 Å². The zero-order valence-electron chi connectivity index (χ0n) is 26.6. The molecule has 1 aliphatic carbocycles. The van der Waals surface area contributed by atoms with Crippen molar-refractivity contribution in [2.24, 2.45) is 0 Å². The number of anilines is 2. The molecule has 8 nitrogen and oxygen atoms in total. The predicted octanol–water partition coefficient (Wildman–Crippen LogP) is 7.94. The Bertz CT molecular complexity index is 1750. The summed E-state index contributed by atoms with van der Waals surface area (Å²) >= 11 is 0. The first-order chi connectivity index (χ1) is 21.8. The average Bonchev–Trinajstić information content (AvgIpc) is 3.43. The Morgan fingerprint density at radius 1 is 1.09 bits per heavy atom. The molecule has 4 aromatic rings. The van der Waals surface area contributed by atoms with Crippen molar-refractivity contribution >= 4 is 40.3 Å². The van der Waals surface area contributed by atoms with Crippen LogP contribution in [0, 0.1) is 6.92 Å². The number of allylic oxidation sites excluding steroid dienone is 1. The van der Waals surface area contributed by atoms with E-state index in [0.717, 1.165) is 84.6 Å². The molecule has 4 N–H and O–H groups in total. The van der Waals surface area contributed by atoms with Crippen molar-refractivity contribution in [2.75, 3.05) is 11.1 Å². The lowest BCUT2D eigenvalue weighted by Crippen LogP contribution is -2.39. The molecule has 2 amide bonds. The molecular weight excluding hydrogens is 560 g/mol. The van der Waals surface area contributed by atoms with Crippen molar-refractivity contribution in [3.8, 4) is 11.3 Å². The molecule has 2 bridgehead atoms. The minimum Gasteiger partial charge on any atom is -0.383 e. The summed E-state index contributed by atoms with van der Waals surface area (Å²) in [6.45, 7) is 6.42. The minimum absolute atomic E-state index is 0.0999. The number of benzene rings is 2. The molecule has 2 aliphatic rings. The Morgan fingerprint density at radius 3 is 2.78 bits per heavy atom. The predicted molar refractivity (Wildman–Crippen MR) is 182 cm³/mol. The fourth-order valence-electron chi connectivity index (χ4n) is 6.97. The van der Waals surface area contributed by atoms with E-state index in [4.69, 9.17) is 10.8 Å². The highest BCUT2D eigenvalue weighted by molar-refractivity contribution is 6.07. The standard InChI is InChI=1S/C37H44N6O2/c1-23(2)31-18-17-29(19-24(31)3)41-37(45)26-13-9-12-25(20-26)34-33-35-27(22-39-36(33)38)11-7-5-4-6-8-16-32(44)40-28-14-10-15-30(21-28)43(35)42-34/h7,9,11-13,17-20,22-23,28,30H,4-6,8,10,14-16,21H2,1-3H3,(H2,38,39)(H,40,44)(H,41,45)/b11-7+/t28-,30-/m1/s1. The zero-order valence-corrected chi connectivity index (χ0v) is 26.6. The second-order valence-corrected chi connectivity index (χ2v) is 13.0. The third-order valence-corrected chi connectivity index (χ3v) is 9.26. The van der Waals surface area contributed by atoms with Crippen LogP contribution >= 0.6 is 0 Å². The van der Waals surface area contributed by atoms with E-state index >= 15 is 0 Å². The van der Waals surface area contributed by atoms with Gasteiger partial charge in [-0.15, -0.1) is 0 Å². The van der Waals surface area contributed by atoms with Crippen LogP contribution in [0.5, 0.6) is 0 Å². The number of carbonyl (C=O) groups is 2. The van der Waals surface area contributed by atoms with Gasteiger partial charge in [0.05, 0.1) is 16.9 Å². The fourth-order valence-corrected chi connectivity index (χ4v) is 6.97. The smallest absolute Gasteiger partial charge is 0.255 e. The SMILES string of the molecule is Cc1cc(NC(=O)c2cccc(-c3nn4c5c(cnc(N)c35)/C=C/CCCCCC(=O)N[C@@H]3CCC[C@@H]4C3)c2)ccc1C(C)C. The molecule has 0 radical (unpaired) electrons. The molecule has 2 aromatic carbocycles. The number of aryl methyl sites for hydroxylation is 1. The van der Waals surface area contributed by atoms with Gasteiger partial charge in [-0.05, 0) is 93.2 Å². The van der Waals surface area contributed by atoms with Crippen LogP contribution in [0.4, 0.5) is 11.5 Å². The van der Waals surface area contributed by atoms with Crippen molar-refractivity contribution in [1.29, 1.82) is 0 Å². The lowest BCUT2D eigenvalue weighted by atomic mass is 9.90. The Hall–Kier alpha value is -4.46. The number of nitrogens with one attached hydrogen (secondary N) is 2. The van der Waals surface area contributed by atoms with Crippen LogP contribution in [0.15, 0.2) is 54.7 Å². The van der Waals surface area contributed by atoms with Crippen molar-refractivity contribution in [1.82, 2.24) is 20.1 Å². The second-order valence-electron chi connectivity index (χ2n) is 13.0. The van der Waals surface area contributed by atoms with E-state index in [2.05, 4.69) is 59.3 Å². The van der Waals surface area contributed by atoms with Crippen LogP contribution in [0.3, 0.4) is 0 Å². The topological polar surface area (TPSA) is 115 Å². The summed E-state index contributed by atoms with van der Waals surface area (Å²) in [4.78, 5) is 30.7. The maximum absolute atomic E-state index is 13.4. The Morgan fingerprint density at radius 2 is 1.96 bits per heavy atom. The molecule has 1 fully saturated rings. The number of fused-ring (bicyclic) bond motifs is 3. The van der Waals surface area contributed by atoms with E-state index in [-0.39, 0.29) is 23.9 Å². The van der Waals surface area contributed by atoms with Crippen LogP contribution in [0.25, 0.3) is 28.2 Å². The number of amides is 2. The minimum atomic E-state index is -0.181. The van der Waals surface area contributed by atoms with E-state index in [1.165, 1.54) is 5.56 Å². The van der Waals surface area contributed by atoms with Crippen molar-refractivity contribution in [3.05, 3.63) is 77.0 Å². The quantitative estimate of drug-likeness (QED) is 0.219. The molecule has 0 unspecified atom stereocenters. The molecule has 6 rings (SSSR count). The van der Waals surface area contributed by atoms with Gasteiger partial charge in [-0.3, -0.25) is 14.3 Å². The lowest BCUT2D eigenvalue weighted by Gasteiger charge is -2.30. The lowest BCUT2D eigenvalue weighted by molar-refractivity contribution is -0.122. The van der Waals surface area contributed by atoms with Crippen molar-refractivity contribution < 1.29 is 9.59 Å². The summed E-state index contributed by atoms with van der Waals surface area (Å²) < 4.78 is 2.12. The van der Waals surface area contributed by atoms with Crippen LogP contribution in [0.1, 0.15) is 111 Å². The third kappa shape index (κ3) is 6.65. The van der Waals surface area contributed by atoms with E-state index in [1.807, 2.05) is 42.6 Å². The largest absolute Gasteiger partial charge is 0.383 e. The summed E-state index contributed by atoms with van der Waals surface area (Å²) in [6.07, 6.45) is 14.4. The Labute approximate surface area is 265 Å². The van der Waals surface area contributed by atoms with Crippen LogP contribution in [-0.2, 0) is 4.79 Å². The van der Waals surface area contributed by atoms with E-state index in [9.17, 15) is 9.59 Å². The van der Waals surface area contributed by atoms with Crippen molar-refractivity contribution in [2.45, 2.75) is 96.6 Å². The number of hydrogen-bond donors (Lipinski definition) is 3. The average molecular weight is 605 g/mol. The van der Waals surface area contributed by atoms with E-state index < -0.39 is 0 Å². The molecular formula is C37H44N6O2. The highest BCUT2D eigenvalue weighted by Crippen LogP contribution is 2.39. The van der Waals surface area contributed by atoms with Crippen LogP contribution in [-0.4, -0.2) is 32.6 Å². The maximum Gasteiger partial charge on any atom is 0.255 e. The normalized spacial score (nSPS) is 19.9. The van der Waals surface area contributed by atoms with Gasteiger partial charge in [-0.1, -0.05) is 50.6 Å². The van der Waals surface area contributed by atoms with Crippen molar-refractivity contribution in [3.63, 3.8) is 0 Å². The summed E-state index contributed by atoms with van der Waals surface area (Å²) in [6, 6.07) is 13.9. The van der Waals surface area contributed by atoms with Gasteiger partial charge in [0.25, 0.3) is 5.91 Å². The number of carbonyl (C=O) groups excluding carboxylic acids is 2. The fraction of sp³-hybridized carbons (Fsp3) is 0.405.